The second-order valence-corrected chi connectivity index (χ2v) is 7.60. The number of carbonyl (C=O) groups is 4. The first-order chi connectivity index (χ1) is 13.0. The van der Waals surface area contributed by atoms with E-state index in [0.717, 1.165) is 0 Å². The van der Waals surface area contributed by atoms with Crippen molar-refractivity contribution in [1.29, 1.82) is 0 Å². The number of amides is 4. The van der Waals surface area contributed by atoms with Crippen LogP contribution in [0.5, 0.6) is 0 Å². The van der Waals surface area contributed by atoms with Gasteiger partial charge in [0.25, 0.3) is 0 Å². The topological polar surface area (TPSA) is 182 Å². The highest BCUT2D eigenvalue weighted by Gasteiger charge is 2.38. The Morgan fingerprint density at radius 3 is 2.86 bits per heavy atom. The predicted molar refractivity (Wildman–Crippen MR) is 101 cm³/mol. The highest BCUT2D eigenvalue weighted by atomic mass is 32.2. The molecule has 7 N–H and O–H groups in total. The van der Waals surface area contributed by atoms with E-state index >= 15 is 0 Å². The van der Waals surface area contributed by atoms with Crippen LogP contribution >= 0.6 is 11.8 Å². The van der Waals surface area contributed by atoms with E-state index < -0.39 is 29.9 Å². The predicted octanol–water partition coefficient (Wildman–Crippen LogP) is -2.68. The lowest BCUT2D eigenvalue weighted by atomic mass is 10.1. The van der Waals surface area contributed by atoms with Crippen LogP contribution in [0.25, 0.3) is 0 Å². The van der Waals surface area contributed by atoms with E-state index in [-0.39, 0.29) is 23.7 Å². The van der Waals surface area contributed by atoms with Crippen LogP contribution in [0.4, 0.5) is 0 Å². The van der Waals surface area contributed by atoms with Crippen LogP contribution < -0.4 is 16.4 Å². The molecule has 154 valence electrons. The Morgan fingerprint density at radius 1 is 1.43 bits per heavy atom. The quantitative estimate of drug-likeness (QED) is 0.395. The van der Waals surface area contributed by atoms with Crippen molar-refractivity contribution in [3.63, 3.8) is 0 Å². The van der Waals surface area contributed by atoms with Crippen LogP contribution in [0.15, 0.2) is 12.5 Å². The molecule has 2 aliphatic heterocycles. The molecule has 0 aromatic carbocycles. The molecule has 0 saturated carbocycles. The second kappa shape index (κ2) is 9.55. The largest absolute Gasteiger partial charge is 0.412 e. The summed E-state index contributed by atoms with van der Waals surface area (Å²) in [7, 11) is 0. The Labute approximate surface area is 165 Å². The minimum absolute atomic E-state index is 0. The lowest BCUT2D eigenvalue weighted by Gasteiger charge is -2.29. The number of aromatic nitrogens is 2. The van der Waals surface area contributed by atoms with Gasteiger partial charge < -0.3 is 31.7 Å². The molecule has 1 unspecified atom stereocenters. The van der Waals surface area contributed by atoms with Gasteiger partial charge in [0, 0.05) is 30.6 Å². The monoisotopic (exact) mass is 412 g/mol. The number of hydrogen-bond donors (Lipinski definition) is 4. The highest BCUT2D eigenvalue weighted by molar-refractivity contribution is 8.00. The molecule has 28 heavy (non-hydrogen) atoms. The summed E-state index contributed by atoms with van der Waals surface area (Å²) >= 11 is 1.36. The number of rotatable bonds is 6. The number of thioether (sulfide) groups is 1. The number of nitrogens with zero attached hydrogens (tertiary/aromatic N) is 2. The Bertz CT molecular complexity index is 727. The fraction of sp³-hybridized carbons (Fsp3) is 0.562. The fourth-order valence-electron chi connectivity index (χ4n) is 3.30. The van der Waals surface area contributed by atoms with Crippen LogP contribution in [-0.2, 0) is 25.6 Å². The highest BCUT2D eigenvalue weighted by Crippen LogP contribution is 2.19. The SMILES string of the molecule is NC(=O)[C@@H]1CCCN1C(=O)[C@H](Cc1cnc[nH]1)NC(=O)C1CSCC(=O)N1.O. The molecule has 2 saturated heterocycles. The summed E-state index contributed by atoms with van der Waals surface area (Å²) in [6, 6.07) is -2.25. The maximum absolute atomic E-state index is 13.0. The molecule has 0 radical (unpaired) electrons. The Balaban J connectivity index is 0.00000280. The molecule has 3 heterocycles. The molecule has 0 spiro atoms. The number of nitrogens with two attached hydrogens (primary N) is 1. The third-order valence-electron chi connectivity index (χ3n) is 4.63. The summed E-state index contributed by atoms with van der Waals surface area (Å²) in [5.74, 6) is -0.804. The van der Waals surface area contributed by atoms with E-state index in [2.05, 4.69) is 20.6 Å². The van der Waals surface area contributed by atoms with E-state index in [9.17, 15) is 19.2 Å². The molecule has 1 aromatic rings. The smallest absolute Gasteiger partial charge is 0.246 e. The molecule has 0 bridgehead atoms. The number of hydrogen-bond acceptors (Lipinski definition) is 6. The first-order valence-electron chi connectivity index (χ1n) is 8.70. The average Bonchev–Trinajstić information content (AvgIpc) is 3.32. The maximum Gasteiger partial charge on any atom is 0.246 e. The lowest BCUT2D eigenvalue weighted by molar-refractivity contribution is -0.141. The molecule has 2 aliphatic rings. The molecule has 12 heteroatoms. The van der Waals surface area contributed by atoms with Crippen molar-refractivity contribution < 1.29 is 24.7 Å². The minimum atomic E-state index is -0.887. The molecule has 1 aromatic heterocycles. The summed E-state index contributed by atoms with van der Waals surface area (Å²) < 4.78 is 0. The van der Waals surface area contributed by atoms with E-state index in [1.807, 2.05) is 0 Å². The number of H-pyrrole nitrogens is 1. The van der Waals surface area contributed by atoms with Crippen molar-refractivity contribution in [2.75, 3.05) is 18.1 Å². The van der Waals surface area contributed by atoms with Crippen LogP contribution in [0, 0.1) is 0 Å². The molecule has 11 nitrogen and oxygen atoms in total. The first kappa shape index (κ1) is 21.7. The van der Waals surface area contributed by atoms with Crippen molar-refractivity contribution >= 4 is 35.4 Å². The standard InChI is InChI=1S/C16H22N6O4S.H2O/c17-14(24)12-2-1-3-22(12)16(26)10(4-9-5-18-8-19-9)21-15(25)11-6-27-7-13(23)20-11;/h5,8,10-12H,1-4,6-7H2,(H2,17,24)(H,18,19)(H,20,23)(H,21,25);1H2/t10-,11?,12-;/m0./s1. The van der Waals surface area contributed by atoms with E-state index in [4.69, 9.17) is 5.73 Å². The van der Waals surface area contributed by atoms with E-state index in [0.29, 0.717) is 36.6 Å². The fourth-order valence-corrected chi connectivity index (χ4v) is 4.16. The molecular formula is C16H24N6O5S. The van der Waals surface area contributed by atoms with Gasteiger partial charge in [-0.25, -0.2) is 4.98 Å². The number of carbonyl (C=O) groups excluding carboxylic acids is 4. The van der Waals surface area contributed by atoms with Gasteiger partial charge in [0.2, 0.25) is 23.6 Å². The number of imidazole rings is 1. The number of aromatic amines is 1. The minimum Gasteiger partial charge on any atom is -0.412 e. The van der Waals surface area contributed by atoms with Gasteiger partial charge >= 0.3 is 0 Å². The molecule has 3 atom stereocenters. The van der Waals surface area contributed by atoms with Crippen molar-refractivity contribution in [1.82, 2.24) is 25.5 Å². The van der Waals surface area contributed by atoms with Crippen molar-refractivity contribution in [2.24, 2.45) is 5.73 Å². The molecule has 4 amide bonds. The van der Waals surface area contributed by atoms with Gasteiger partial charge in [0.05, 0.1) is 12.1 Å². The third-order valence-corrected chi connectivity index (χ3v) is 5.66. The third kappa shape index (κ3) is 5.01. The van der Waals surface area contributed by atoms with Crippen LogP contribution in [-0.4, -0.2) is 80.1 Å². The van der Waals surface area contributed by atoms with Gasteiger partial charge in [-0.3, -0.25) is 19.2 Å². The molecular weight excluding hydrogens is 388 g/mol. The summed E-state index contributed by atoms with van der Waals surface area (Å²) in [4.78, 5) is 57.1. The van der Waals surface area contributed by atoms with Gasteiger partial charge in [-0.1, -0.05) is 0 Å². The van der Waals surface area contributed by atoms with Gasteiger partial charge in [0.15, 0.2) is 0 Å². The Hall–Kier alpha value is -2.60. The van der Waals surface area contributed by atoms with Crippen LogP contribution in [0.3, 0.4) is 0 Å². The molecule has 0 aliphatic carbocycles. The average molecular weight is 412 g/mol. The van der Waals surface area contributed by atoms with Crippen LogP contribution in [0.1, 0.15) is 18.5 Å². The van der Waals surface area contributed by atoms with Gasteiger partial charge in [-0.2, -0.15) is 0 Å². The van der Waals surface area contributed by atoms with E-state index in [1.54, 1.807) is 6.20 Å². The van der Waals surface area contributed by atoms with Crippen molar-refractivity contribution in [2.45, 2.75) is 37.4 Å². The zero-order valence-electron chi connectivity index (χ0n) is 15.1. The lowest BCUT2D eigenvalue weighted by Crippen LogP contribution is -2.58. The summed E-state index contributed by atoms with van der Waals surface area (Å²) in [5, 5.41) is 5.35. The second-order valence-electron chi connectivity index (χ2n) is 6.57. The Kier molecular flexibility index (Phi) is 7.40. The van der Waals surface area contributed by atoms with Crippen molar-refractivity contribution in [3.05, 3.63) is 18.2 Å². The summed E-state index contributed by atoms with van der Waals surface area (Å²) in [6.07, 6.45) is 4.44. The van der Waals surface area contributed by atoms with Crippen LogP contribution in [0.2, 0.25) is 0 Å². The van der Waals surface area contributed by atoms with Gasteiger partial charge in [0.1, 0.15) is 18.1 Å². The van der Waals surface area contributed by atoms with Gasteiger partial charge in [-0.15, -0.1) is 11.8 Å². The summed E-state index contributed by atoms with van der Waals surface area (Å²) in [5.41, 5.74) is 6.08. The zero-order chi connectivity index (χ0) is 19.4. The summed E-state index contributed by atoms with van der Waals surface area (Å²) in [6.45, 7) is 0.414. The first-order valence-corrected chi connectivity index (χ1v) is 9.85. The number of primary amides is 1. The normalized spacial score (nSPS) is 22.7. The number of likely N-dealkylation sites (tertiary alicyclic amines) is 1. The number of nitrogens with one attached hydrogen (secondary N) is 3. The van der Waals surface area contributed by atoms with Crippen molar-refractivity contribution in [3.8, 4) is 0 Å². The van der Waals surface area contributed by atoms with Gasteiger partial charge in [-0.05, 0) is 12.8 Å². The zero-order valence-corrected chi connectivity index (χ0v) is 16.0. The Morgan fingerprint density at radius 2 is 2.21 bits per heavy atom. The van der Waals surface area contributed by atoms with E-state index in [1.165, 1.54) is 23.0 Å². The maximum atomic E-state index is 13.0. The molecule has 2 fully saturated rings. The molecule has 3 rings (SSSR count).